The number of nitrogens with zero attached hydrogens (tertiary/aromatic N) is 1. The van der Waals surface area contributed by atoms with Gasteiger partial charge in [-0.1, -0.05) is 12.1 Å². The highest BCUT2D eigenvalue weighted by Gasteiger charge is 2.34. The number of carboxylic acid groups (broad SMARTS) is 1. The van der Waals surface area contributed by atoms with Gasteiger partial charge in [-0.05, 0) is 32.9 Å². The number of carbonyl (C=O) groups is 3. The van der Waals surface area contributed by atoms with Crippen molar-refractivity contribution >= 4 is 17.7 Å². The van der Waals surface area contributed by atoms with Crippen LogP contribution in [-0.4, -0.2) is 59.1 Å². The Morgan fingerprint density at radius 2 is 2.04 bits per heavy atom. The Bertz CT molecular complexity index is 644. The first-order chi connectivity index (χ1) is 11.3. The lowest BCUT2D eigenvalue weighted by Gasteiger charge is -2.36. The van der Waals surface area contributed by atoms with E-state index in [1.807, 2.05) is 0 Å². The molecule has 0 aliphatic carbocycles. The summed E-state index contributed by atoms with van der Waals surface area (Å²) in [6.07, 6.45) is -2.20. The van der Waals surface area contributed by atoms with Gasteiger partial charge >= 0.3 is 5.97 Å². The zero-order valence-electron chi connectivity index (χ0n) is 13.9. The molecular formula is C17H21NO6. The summed E-state index contributed by atoms with van der Waals surface area (Å²) in [6.45, 7) is 5.06. The lowest BCUT2D eigenvalue weighted by atomic mass is 10.1. The van der Waals surface area contributed by atoms with Crippen LogP contribution in [0.4, 0.5) is 0 Å². The van der Waals surface area contributed by atoms with Gasteiger partial charge in [0.15, 0.2) is 18.0 Å². The van der Waals surface area contributed by atoms with Crippen molar-refractivity contribution in [3.63, 3.8) is 0 Å². The van der Waals surface area contributed by atoms with E-state index in [9.17, 15) is 14.4 Å². The van der Waals surface area contributed by atoms with Crippen LogP contribution in [0.5, 0.6) is 5.75 Å². The van der Waals surface area contributed by atoms with Crippen molar-refractivity contribution in [2.24, 2.45) is 0 Å². The Hall–Kier alpha value is -2.41. The molecular weight excluding hydrogens is 314 g/mol. The molecule has 1 aliphatic rings. The maximum absolute atomic E-state index is 12.5. The number of ether oxygens (including phenoxy) is 2. The van der Waals surface area contributed by atoms with E-state index >= 15 is 0 Å². The van der Waals surface area contributed by atoms with Gasteiger partial charge in [0.05, 0.1) is 12.6 Å². The van der Waals surface area contributed by atoms with E-state index in [-0.39, 0.29) is 24.3 Å². The first-order valence-electron chi connectivity index (χ1n) is 7.72. The Labute approximate surface area is 140 Å². The summed E-state index contributed by atoms with van der Waals surface area (Å²) in [5, 5.41) is 9.09. The van der Waals surface area contributed by atoms with E-state index in [4.69, 9.17) is 14.6 Å². The minimum absolute atomic E-state index is 0.0142. The number of aliphatic carboxylic acids is 1. The third-order valence-electron chi connectivity index (χ3n) is 3.75. The average molecular weight is 335 g/mol. The monoisotopic (exact) mass is 335 g/mol. The summed E-state index contributed by atoms with van der Waals surface area (Å²) in [4.78, 5) is 36.5. The van der Waals surface area contributed by atoms with E-state index in [1.165, 1.54) is 11.8 Å². The van der Waals surface area contributed by atoms with Crippen molar-refractivity contribution in [3.05, 3.63) is 29.8 Å². The molecule has 3 atom stereocenters. The summed E-state index contributed by atoms with van der Waals surface area (Å²) in [5.74, 6) is -1.09. The number of Topliss-reactive ketones (excluding diaryl/α,β-unsaturated/α-hetero) is 1. The molecule has 0 spiro atoms. The summed E-state index contributed by atoms with van der Waals surface area (Å²) in [7, 11) is 0. The normalized spacial score (nSPS) is 21.9. The quantitative estimate of drug-likeness (QED) is 0.817. The number of hydrogen-bond donors (Lipinski definition) is 1. The van der Waals surface area contributed by atoms with Crippen LogP contribution in [0, 0.1) is 0 Å². The fourth-order valence-electron chi connectivity index (χ4n) is 2.57. The van der Waals surface area contributed by atoms with Crippen molar-refractivity contribution < 1.29 is 29.0 Å². The van der Waals surface area contributed by atoms with Gasteiger partial charge in [-0.25, -0.2) is 4.79 Å². The Balaban J connectivity index is 2.05. The average Bonchev–Trinajstić information content (AvgIpc) is 2.53. The number of morpholine rings is 1. The predicted octanol–water partition coefficient (Wildman–Crippen LogP) is 1.36. The maximum Gasteiger partial charge on any atom is 0.334 e. The van der Waals surface area contributed by atoms with Gasteiger partial charge in [-0.3, -0.25) is 9.59 Å². The molecule has 24 heavy (non-hydrogen) atoms. The SMILES string of the molecule is CC(=O)c1cccc(OC(C)C(=O)N2CC(C(=O)O)O[C@H](C)C2)c1. The van der Waals surface area contributed by atoms with Crippen molar-refractivity contribution in [3.8, 4) is 5.75 Å². The predicted molar refractivity (Wildman–Crippen MR) is 85.1 cm³/mol. The molecule has 1 fully saturated rings. The molecule has 1 amide bonds. The highest BCUT2D eigenvalue weighted by atomic mass is 16.5. The number of amides is 1. The molecule has 7 heteroatoms. The first-order valence-corrected chi connectivity index (χ1v) is 7.72. The van der Waals surface area contributed by atoms with Crippen LogP contribution in [-0.2, 0) is 14.3 Å². The van der Waals surface area contributed by atoms with Crippen LogP contribution >= 0.6 is 0 Å². The van der Waals surface area contributed by atoms with Gasteiger partial charge in [0, 0.05) is 12.1 Å². The first kappa shape index (κ1) is 17.9. The molecule has 0 radical (unpaired) electrons. The molecule has 1 saturated heterocycles. The Morgan fingerprint density at radius 3 is 2.67 bits per heavy atom. The van der Waals surface area contributed by atoms with Gasteiger partial charge in [0.25, 0.3) is 5.91 Å². The van der Waals surface area contributed by atoms with E-state index in [0.29, 0.717) is 17.9 Å². The van der Waals surface area contributed by atoms with Gasteiger partial charge in [-0.15, -0.1) is 0 Å². The number of hydrogen-bond acceptors (Lipinski definition) is 5. The molecule has 130 valence electrons. The van der Waals surface area contributed by atoms with E-state index < -0.39 is 18.2 Å². The van der Waals surface area contributed by atoms with Gasteiger partial charge in [-0.2, -0.15) is 0 Å². The molecule has 0 aromatic heterocycles. The van der Waals surface area contributed by atoms with Crippen LogP contribution in [0.2, 0.25) is 0 Å². The summed E-state index contributed by atoms with van der Waals surface area (Å²) in [6, 6.07) is 6.59. The smallest absolute Gasteiger partial charge is 0.334 e. The van der Waals surface area contributed by atoms with Crippen LogP contribution < -0.4 is 4.74 Å². The molecule has 1 aromatic rings. The highest BCUT2D eigenvalue weighted by molar-refractivity contribution is 5.94. The molecule has 0 saturated carbocycles. The summed E-state index contributed by atoms with van der Waals surface area (Å²) < 4.78 is 10.9. The van der Waals surface area contributed by atoms with Gasteiger partial charge < -0.3 is 19.5 Å². The fraction of sp³-hybridized carbons (Fsp3) is 0.471. The second-order valence-corrected chi connectivity index (χ2v) is 5.86. The third kappa shape index (κ3) is 4.32. The van der Waals surface area contributed by atoms with Crippen LogP contribution in [0.1, 0.15) is 31.1 Å². The molecule has 1 aliphatic heterocycles. The van der Waals surface area contributed by atoms with Gasteiger partial charge in [0.2, 0.25) is 0 Å². The third-order valence-corrected chi connectivity index (χ3v) is 3.75. The lowest BCUT2D eigenvalue weighted by Crippen LogP contribution is -2.54. The van der Waals surface area contributed by atoms with Crippen molar-refractivity contribution in [2.75, 3.05) is 13.1 Å². The topological polar surface area (TPSA) is 93.1 Å². The van der Waals surface area contributed by atoms with Crippen LogP contribution in [0.25, 0.3) is 0 Å². The zero-order valence-corrected chi connectivity index (χ0v) is 13.9. The second-order valence-electron chi connectivity index (χ2n) is 5.86. The van der Waals surface area contributed by atoms with E-state index in [1.54, 1.807) is 38.1 Å². The van der Waals surface area contributed by atoms with Crippen molar-refractivity contribution in [1.82, 2.24) is 4.90 Å². The molecule has 2 unspecified atom stereocenters. The largest absolute Gasteiger partial charge is 0.481 e. The minimum Gasteiger partial charge on any atom is -0.481 e. The number of carboxylic acids is 1. The highest BCUT2D eigenvalue weighted by Crippen LogP contribution is 2.18. The molecule has 2 rings (SSSR count). The van der Waals surface area contributed by atoms with E-state index in [2.05, 4.69) is 0 Å². The summed E-state index contributed by atoms with van der Waals surface area (Å²) in [5.41, 5.74) is 0.498. The molecule has 0 bridgehead atoms. The molecule has 1 heterocycles. The Morgan fingerprint density at radius 1 is 1.33 bits per heavy atom. The second kappa shape index (κ2) is 7.44. The maximum atomic E-state index is 12.5. The van der Waals surface area contributed by atoms with E-state index in [0.717, 1.165) is 0 Å². The number of benzene rings is 1. The van der Waals surface area contributed by atoms with Gasteiger partial charge in [0.1, 0.15) is 5.75 Å². The molecule has 1 aromatic carbocycles. The standard InChI is InChI=1S/C17H21NO6/c1-10-8-18(9-15(23-10)17(21)22)16(20)12(3)24-14-6-4-5-13(7-14)11(2)19/h4-7,10,12,15H,8-9H2,1-3H3,(H,21,22)/t10-,12?,15?/m1/s1. The number of carbonyl (C=O) groups excluding carboxylic acids is 2. The Kier molecular flexibility index (Phi) is 5.56. The van der Waals surface area contributed by atoms with Crippen LogP contribution in [0.15, 0.2) is 24.3 Å². The lowest BCUT2D eigenvalue weighted by molar-refractivity contribution is -0.168. The van der Waals surface area contributed by atoms with Crippen LogP contribution in [0.3, 0.4) is 0 Å². The van der Waals surface area contributed by atoms with Crippen molar-refractivity contribution in [2.45, 2.75) is 39.1 Å². The number of rotatable bonds is 5. The molecule has 7 nitrogen and oxygen atoms in total. The zero-order chi connectivity index (χ0) is 17.9. The minimum atomic E-state index is -1.10. The number of ketones is 1. The fourth-order valence-corrected chi connectivity index (χ4v) is 2.57. The molecule has 1 N–H and O–H groups in total. The summed E-state index contributed by atoms with van der Waals surface area (Å²) >= 11 is 0. The van der Waals surface area contributed by atoms with Crippen molar-refractivity contribution in [1.29, 1.82) is 0 Å².